The van der Waals surface area contributed by atoms with Gasteiger partial charge in [0, 0.05) is 0 Å². The maximum Gasteiger partial charge on any atom is 0.310 e. The van der Waals surface area contributed by atoms with Crippen LogP contribution in [0.3, 0.4) is 0 Å². The van der Waals surface area contributed by atoms with Gasteiger partial charge in [0.25, 0.3) is 0 Å². The average molecular weight is 218 g/mol. The lowest BCUT2D eigenvalue weighted by molar-refractivity contribution is -0.140. The van der Waals surface area contributed by atoms with Crippen molar-refractivity contribution < 1.29 is 14.6 Å². The van der Waals surface area contributed by atoms with E-state index in [2.05, 4.69) is 0 Å². The van der Waals surface area contributed by atoms with Crippen LogP contribution in [0.25, 0.3) is 12.2 Å². The van der Waals surface area contributed by atoms with Gasteiger partial charge in [-0.15, -0.1) is 0 Å². The molecule has 1 aromatic carbocycles. The van der Waals surface area contributed by atoms with Gasteiger partial charge in [0.1, 0.15) is 5.75 Å². The van der Waals surface area contributed by atoms with E-state index < -0.39 is 11.9 Å². The molecule has 1 aliphatic rings. The SMILES string of the molecule is COc1ccc2c(c1)=CC(C)C(C(=O)O)C=2. The van der Waals surface area contributed by atoms with Crippen molar-refractivity contribution in [2.24, 2.45) is 11.8 Å². The Morgan fingerprint density at radius 1 is 1.31 bits per heavy atom. The molecule has 0 aliphatic heterocycles. The van der Waals surface area contributed by atoms with Gasteiger partial charge in [-0.2, -0.15) is 0 Å². The Morgan fingerprint density at radius 2 is 2.06 bits per heavy atom. The standard InChI is InChI=1S/C13H14O3/c1-8-5-10-6-11(16-2)4-3-9(10)7-12(8)13(14)15/h3-8,12H,1-2H3,(H,14,15). The van der Waals surface area contributed by atoms with E-state index in [1.165, 1.54) is 0 Å². The number of benzene rings is 1. The van der Waals surface area contributed by atoms with Crippen LogP contribution in [0, 0.1) is 11.8 Å². The molecule has 0 aromatic heterocycles. The minimum atomic E-state index is -0.773. The fourth-order valence-electron chi connectivity index (χ4n) is 2.00. The van der Waals surface area contributed by atoms with E-state index in [1.807, 2.05) is 37.3 Å². The Balaban J connectivity index is 2.57. The first-order valence-electron chi connectivity index (χ1n) is 5.22. The monoisotopic (exact) mass is 218 g/mol. The maximum atomic E-state index is 11.0. The van der Waals surface area contributed by atoms with Crippen LogP contribution in [0.4, 0.5) is 0 Å². The van der Waals surface area contributed by atoms with Crippen molar-refractivity contribution >= 4 is 18.1 Å². The molecule has 2 rings (SSSR count). The van der Waals surface area contributed by atoms with E-state index in [9.17, 15) is 4.79 Å². The summed E-state index contributed by atoms with van der Waals surface area (Å²) in [5.74, 6) is -0.396. The molecular weight excluding hydrogens is 204 g/mol. The predicted molar refractivity (Wildman–Crippen MR) is 61.5 cm³/mol. The average Bonchev–Trinajstić information content (AvgIpc) is 2.27. The van der Waals surface area contributed by atoms with Crippen LogP contribution < -0.4 is 15.2 Å². The molecular formula is C13H14O3. The van der Waals surface area contributed by atoms with E-state index >= 15 is 0 Å². The highest BCUT2D eigenvalue weighted by Gasteiger charge is 2.22. The Kier molecular flexibility index (Phi) is 2.69. The summed E-state index contributed by atoms with van der Waals surface area (Å²) in [5, 5.41) is 11.1. The Hall–Kier alpha value is -1.77. The van der Waals surface area contributed by atoms with Crippen LogP contribution in [0.1, 0.15) is 6.92 Å². The summed E-state index contributed by atoms with van der Waals surface area (Å²) in [6.45, 7) is 1.91. The molecule has 16 heavy (non-hydrogen) atoms. The number of methoxy groups -OCH3 is 1. The zero-order valence-corrected chi connectivity index (χ0v) is 9.31. The summed E-state index contributed by atoms with van der Waals surface area (Å²) in [4.78, 5) is 11.0. The van der Waals surface area contributed by atoms with Gasteiger partial charge in [-0.05, 0) is 28.5 Å². The summed E-state index contributed by atoms with van der Waals surface area (Å²) in [5.41, 5.74) is 0. The molecule has 0 radical (unpaired) electrons. The number of hydrogen-bond donors (Lipinski definition) is 1. The van der Waals surface area contributed by atoms with Gasteiger partial charge in [0.05, 0.1) is 13.0 Å². The molecule has 0 saturated carbocycles. The summed E-state index contributed by atoms with van der Waals surface area (Å²) >= 11 is 0. The molecule has 1 N–H and O–H groups in total. The third-order valence-electron chi connectivity index (χ3n) is 2.95. The molecule has 3 heteroatoms. The van der Waals surface area contributed by atoms with Crippen LogP contribution in [-0.2, 0) is 4.79 Å². The Bertz CT molecular complexity index is 531. The lowest BCUT2D eigenvalue weighted by Crippen LogP contribution is -2.34. The topological polar surface area (TPSA) is 46.5 Å². The Morgan fingerprint density at radius 3 is 2.69 bits per heavy atom. The molecule has 0 heterocycles. The summed E-state index contributed by atoms with van der Waals surface area (Å²) < 4.78 is 5.14. The highest BCUT2D eigenvalue weighted by molar-refractivity contribution is 5.79. The van der Waals surface area contributed by atoms with Crippen molar-refractivity contribution in [3.63, 3.8) is 0 Å². The van der Waals surface area contributed by atoms with Gasteiger partial charge >= 0.3 is 5.97 Å². The first-order chi connectivity index (χ1) is 7.61. The van der Waals surface area contributed by atoms with Crippen molar-refractivity contribution in [2.45, 2.75) is 6.92 Å². The molecule has 0 amide bonds. The number of hydrogen-bond acceptors (Lipinski definition) is 2. The molecule has 0 fully saturated rings. The van der Waals surface area contributed by atoms with Crippen molar-refractivity contribution in [1.82, 2.24) is 0 Å². The summed E-state index contributed by atoms with van der Waals surface area (Å²) in [6.07, 6.45) is 3.79. The third kappa shape index (κ3) is 1.81. The minimum absolute atomic E-state index is 0.0112. The molecule has 84 valence electrons. The van der Waals surface area contributed by atoms with Gasteiger partial charge in [-0.25, -0.2) is 0 Å². The van der Waals surface area contributed by atoms with Crippen molar-refractivity contribution in [3.8, 4) is 5.75 Å². The number of carbonyl (C=O) groups is 1. The molecule has 1 aromatic rings. The van der Waals surface area contributed by atoms with Crippen molar-refractivity contribution in [2.75, 3.05) is 7.11 Å². The van der Waals surface area contributed by atoms with Crippen molar-refractivity contribution in [3.05, 3.63) is 28.6 Å². The molecule has 3 nitrogen and oxygen atoms in total. The van der Waals surface area contributed by atoms with Gasteiger partial charge in [0.15, 0.2) is 0 Å². The van der Waals surface area contributed by atoms with Crippen LogP contribution in [-0.4, -0.2) is 18.2 Å². The van der Waals surface area contributed by atoms with E-state index in [0.717, 1.165) is 16.2 Å². The zero-order valence-electron chi connectivity index (χ0n) is 9.31. The number of rotatable bonds is 2. The van der Waals surface area contributed by atoms with Crippen LogP contribution in [0.5, 0.6) is 5.75 Å². The fraction of sp³-hybridized carbons (Fsp3) is 0.308. The smallest absolute Gasteiger partial charge is 0.310 e. The van der Waals surface area contributed by atoms with Crippen molar-refractivity contribution in [1.29, 1.82) is 0 Å². The highest BCUT2D eigenvalue weighted by Crippen LogP contribution is 2.17. The van der Waals surface area contributed by atoms with Gasteiger partial charge in [0.2, 0.25) is 0 Å². The molecule has 0 bridgehead atoms. The fourth-order valence-corrected chi connectivity index (χ4v) is 2.00. The lowest BCUT2D eigenvalue weighted by atomic mass is 9.88. The number of ether oxygens (including phenoxy) is 1. The van der Waals surface area contributed by atoms with Crippen LogP contribution in [0.2, 0.25) is 0 Å². The first kappa shape index (κ1) is 10.7. The number of aliphatic carboxylic acids is 1. The normalized spacial score (nSPS) is 22.6. The van der Waals surface area contributed by atoms with E-state index in [0.29, 0.717) is 0 Å². The molecule has 2 unspecified atom stereocenters. The largest absolute Gasteiger partial charge is 0.497 e. The second-order valence-corrected chi connectivity index (χ2v) is 4.05. The molecule has 2 atom stereocenters. The number of carboxylic acids is 1. The van der Waals surface area contributed by atoms with E-state index in [4.69, 9.17) is 9.84 Å². The minimum Gasteiger partial charge on any atom is -0.497 e. The van der Waals surface area contributed by atoms with Gasteiger partial charge in [-0.1, -0.05) is 25.1 Å². The Labute approximate surface area is 93.7 Å². The first-order valence-corrected chi connectivity index (χ1v) is 5.22. The second kappa shape index (κ2) is 4.00. The second-order valence-electron chi connectivity index (χ2n) is 4.05. The van der Waals surface area contributed by atoms with E-state index in [-0.39, 0.29) is 5.92 Å². The zero-order chi connectivity index (χ0) is 11.7. The third-order valence-corrected chi connectivity index (χ3v) is 2.95. The number of carboxylic acid groups (broad SMARTS) is 1. The van der Waals surface area contributed by atoms with Gasteiger partial charge < -0.3 is 9.84 Å². The van der Waals surface area contributed by atoms with Crippen LogP contribution >= 0.6 is 0 Å². The molecule has 0 saturated heterocycles. The molecule has 1 aliphatic carbocycles. The maximum absolute atomic E-state index is 11.0. The van der Waals surface area contributed by atoms with Crippen LogP contribution in [0.15, 0.2) is 18.2 Å². The predicted octanol–water partition coefficient (Wildman–Crippen LogP) is 0.607. The highest BCUT2D eigenvalue weighted by atomic mass is 16.5. The van der Waals surface area contributed by atoms with Gasteiger partial charge in [-0.3, -0.25) is 4.79 Å². The lowest BCUT2D eigenvalue weighted by Gasteiger charge is -2.17. The van der Waals surface area contributed by atoms with E-state index in [1.54, 1.807) is 7.11 Å². The molecule has 0 spiro atoms. The summed E-state index contributed by atoms with van der Waals surface area (Å²) in [7, 11) is 1.62. The quantitative estimate of drug-likeness (QED) is 0.791. The summed E-state index contributed by atoms with van der Waals surface area (Å²) in [6, 6.07) is 5.67. The number of fused-ring (bicyclic) bond motifs is 1.